The van der Waals surface area contributed by atoms with Crippen LogP contribution in [0.2, 0.25) is 0 Å². The molecule has 0 aromatic carbocycles. The van der Waals surface area contributed by atoms with Gasteiger partial charge in [-0.2, -0.15) is 0 Å². The van der Waals surface area contributed by atoms with Crippen LogP contribution in [0.4, 0.5) is 0 Å². The first kappa shape index (κ1) is 4.56. The predicted octanol–water partition coefficient (Wildman–Crippen LogP) is 0.673. The molecular formula is C4H7NO2. The Balaban J connectivity index is 2.08. The van der Waals surface area contributed by atoms with E-state index in [1.54, 1.807) is 0 Å². The van der Waals surface area contributed by atoms with Gasteiger partial charge in [0.05, 0.1) is 0 Å². The van der Waals surface area contributed by atoms with Crippen molar-refractivity contribution in [1.29, 1.82) is 0 Å². The van der Waals surface area contributed by atoms with Gasteiger partial charge in [-0.25, -0.2) is 0 Å². The van der Waals surface area contributed by atoms with Gasteiger partial charge >= 0.3 is 0 Å². The molecule has 1 aliphatic carbocycles. The van der Waals surface area contributed by atoms with Gasteiger partial charge in [-0.1, -0.05) is 0 Å². The normalized spacial score (nSPS) is 19.4. The van der Waals surface area contributed by atoms with Crippen molar-refractivity contribution in [2.24, 2.45) is 5.92 Å². The summed E-state index contributed by atoms with van der Waals surface area (Å²) in [5.41, 5.74) is 0. The van der Waals surface area contributed by atoms with Crippen molar-refractivity contribution in [1.82, 2.24) is 0 Å². The maximum atomic E-state index is 9.66. The van der Waals surface area contributed by atoms with Gasteiger partial charge in [0.2, 0.25) is 6.54 Å². The van der Waals surface area contributed by atoms with Gasteiger partial charge in [0.15, 0.2) is 0 Å². The second-order valence-electron chi connectivity index (χ2n) is 1.96. The lowest BCUT2D eigenvalue weighted by molar-refractivity contribution is -0.483. The number of hydrogen-bond acceptors (Lipinski definition) is 2. The topological polar surface area (TPSA) is 43.1 Å². The fraction of sp³-hybridized carbons (Fsp3) is 1.00. The van der Waals surface area contributed by atoms with E-state index < -0.39 is 0 Å². The van der Waals surface area contributed by atoms with Gasteiger partial charge in [-0.05, 0) is 12.8 Å². The Kier molecular flexibility index (Phi) is 0.964. The van der Waals surface area contributed by atoms with Crippen molar-refractivity contribution >= 4 is 0 Å². The predicted molar refractivity (Wildman–Crippen MR) is 24.6 cm³/mol. The van der Waals surface area contributed by atoms with Crippen molar-refractivity contribution < 1.29 is 4.92 Å². The molecule has 1 fully saturated rings. The van der Waals surface area contributed by atoms with Crippen molar-refractivity contribution in [3.8, 4) is 0 Å². The maximum Gasteiger partial charge on any atom is 0.206 e. The molecule has 0 aromatic rings. The second-order valence-corrected chi connectivity index (χ2v) is 1.96. The van der Waals surface area contributed by atoms with Crippen molar-refractivity contribution in [2.45, 2.75) is 12.8 Å². The summed E-state index contributed by atoms with van der Waals surface area (Å²) in [6.07, 6.45) is 2.14. The summed E-state index contributed by atoms with van der Waals surface area (Å²) in [7, 11) is 0. The van der Waals surface area contributed by atoms with Gasteiger partial charge in [-0.15, -0.1) is 0 Å². The summed E-state index contributed by atoms with van der Waals surface area (Å²) in [4.78, 5) is 9.42. The molecule has 0 aliphatic heterocycles. The van der Waals surface area contributed by atoms with Gasteiger partial charge in [0.25, 0.3) is 0 Å². The molecule has 0 spiro atoms. The number of hydrogen-bond donors (Lipinski definition) is 0. The van der Waals surface area contributed by atoms with Gasteiger partial charge in [0.1, 0.15) is 0 Å². The molecule has 1 saturated carbocycles. The van der Waals surface area contributed by atoms with Crippen molar-refractivity contribution in [2.75, 3.05) is 6.54 Å². The SMILES string of the molecule is O=[N+]([O-])CC1CC1. The molecule has 0 bridgehead atoms. The first-order valence-corrected chi connectivity index (χ1v) is 2.41. The average Bonchev–Trinajstić information content (AvgIpc) is 2.17. The van der Waals surface area contributed by atoms with E-state index in [0.717, 1.165) is 12.8 Å². The Labute approximate surface area is 41.5 Å². The molecule has 3 heteroatoms. The van der Waals surface area contributed by atoms with Crippen LogP contribution in [0.3, 0.4) is 0 Å². The summed E-state index contributed by atoms with van der Waals surface area (Å²) in [6.45, 7) is 0.194. The van der Waals surface area contributed by atoms with Crippen LogP contribution in [-0.2, 0) is 0 Å². The van der Waals surface area contributed by atoms with Crippen LogP contribution in [-0.4, -0.2) is 11.5 Å². The third kappa shape index (κ3) is 1.52. The standard InChI is InChI=1S/C4H7NO2/c6-5(7)3-4-1-2-4/h4H,1-3H2. The average molecular weight is 101 g/mol. The lowest BCUT2D eigenvalue weighted by atomic mass is 10.4. The largest absolute Gasteiger partial charge is 0.265 e. The van der Waals surface area contributed by atoms with Gasteiger partial charge < -0.3 is 0 Å². The Bertz CT molecular complexity index is 87.7. The Morgan fingerprint density at radius 2 is 2.29 bits per heavy atom. The molecule has 7 heavy (non-hydrogen) atoms. The zero-order valence-electron chi connectivity index (χ0n) is 3.96. The summed E-state index contributed by atoms with van der Waals surface area (Å²) < 4.78 is 0. The first-order chi connectivity index (χ1) is 3.29. The molecule has 0 radical (unpaired) electrons. The molecule has 40 valence electrons. The van der Waals surface area contributed by atoms with Crippen LogP contribution in [0.1, 0.15) is 12.8 Å². The van der Waals surface area contributed by atoms with E-state index in [0.29, 0.717) is 5.92 Å². The Morgan fingerprint density at radius 1 is 1.71 bits per heavy atom. The number of rotatable bonds is 2. The third-order valence-corrected chi connectivity index (χ3v) is 1.10. The van der Waals surface area contributed by atoms with Crippen LogP contribution >= 0.6 is 0 Å². The fourth-order valence-electron chi connectivity index (χ4n) is 0.511. The van der Waals surface area contributed by atoms with E-state index in [1.165, 1.54) is 0 Å². The van der Waals surface area contributed by atoms with Crippen LogP contribution in [0.25, 0.3) is 0 Å². The minimum atomic E-state index is -0.238. The van der Waals surface area contributed by atoms with Gasteiger partial charge in [-0.3, -0.25) is 10.1 Å². The highest BCUT2D eigenvalue weighted by atomic mass is 16.6. The molecule has 0 unspecified atom stereocenters. The zero-order chi connectivity index (χ0) is 5.28. The molecule has 3 nitrogen and oxygen atoms in total. The first-order valence-electron chi connectivity index (χ1n) is 2.41. The van der Waals surface area contributed by atoms with E-state index in [2.05, 4.69) is 0 Å². The molecule has 1 rings (SSSR count). The summed E-state index contributed by atoms with van der Waals surface area (Å²) in [5, 5.41) is 9.66. The smallest absolute Gasteiger partial charge is 0.206 e. The lowest BCUT2D eigenvalue weighted by Crippen LogP contribution is -2.01. The van der Waals surface area contributed by atoms with E-state index in [-0.39, 0.29) is 11.5 Å². The second kappa shape index (κ2) is 1.48. The van der Waals surface area contributed by atoms with Crippen molar-refractivity contribution in [3.05, 3.63) is 10.1 Å². The lowest BCUT2D eigenvalue weighted by Gasteiger charge is -1.82. The van der Waals surface area contributed by atoms with Crippen LogP contribution in [0.15, 0.2) is 0 Å². The quantitative estimate of drug-likeness (QED) is 0.379. The summed E-state index contributed by atoms with van der Waals surface area (Å²) in [6, 6.07) is 0. The number of nitrogens with zero attached hydrogens (tertiary/aromatic N) is 1. The molecule has 0 aromatic heterocycles. The molecular weight excluding hydrogens is 94.0 g/mol. The molecule has 0 N–H and O–H groups in total. The third-order valence-electron chi connectivity index (χ3n) is 1.10. The Morgan fingerprint density at radius 3 is 2.43 bits per heavy atom. The van der Waals surface area contributed by atoms with E-state index in [9.17, 15) is 10.1 Å². The molecule has 1 aliphatic rings. The van der Waals surface area contributed by atoms with E-state index in [1.807, 2.05) is 0 Å². The van der Waals surface area contributed by atoms with Crippen molar-refractivity contribution in [3.63, 3.8) is 0 Å². The van der Waals surface area contributed by atoms with Crippen LogP contribution in [0, 0.1) is 16.0 Å². The fourth-order valence-corrected chi connectivity index (χ4v) is 0.511. The monoisotopic (exact) mass is 101 g/mol. The molecule has 0 saturated heterocycles. The minimum absolute atomic E-state index is 0.194. The Hall–Kier alpha value is -0.600. The van der Waals surface area contributed by atoms with Gasteiger partial charge in [0, 0.05) is 10.8 Å². The highest BCUT2D eigenvalue weighted by Gasteiger charge is 2.26. The summed E-state index contributed by atoms with van der Waals surface area (Å²) >= 11 is 0. The number of nitro groups is 1. The molecule has 0 atom stereocenters. The van der Waals surface area contributed by atoms with E-state index in [4.69, 9.17) is 0 Å². The van der Waals surface area contributed by atoms with Crippen LogP contribution < -0.4 is 0 Å². The molecule has 0 heterocycles. The zero-order valence-corrected chi connectivity index (χ0v) is 3.96. The minimum Gasteiger partial charge on any atom is -0.265 e. The highest BCUT2D eigenvalue weighted by Crippen LogP contribution is 2.28. The molecule has 0 amide bonds. The summed E-state index contributed by atoms with van der Waals surface area (Å²) in [5.74, 6) is 0.426. The highest BCUT2D eigenvalue weighted by molar-refractivity contribution is 4.71. The van der Waals surface area contributed by atoms with E-state index >= 15 is 0 Å². The van der Waals surface area contributed by atoms with Crippen LogP contribution in [0.5, 0.6) is 0 Å². The maximum absolute atomic E-state index is 9.66.